The van der Waals surface area contributed by atoms with Crippen LogP contribution in [0.4, 0.5) is 5.95 Å². The van der Waals surface area contributed by atoms with Crippen LogP contribution in [0.5, 0.6) is 12.0 Å². The second-order valence-corrected chi connectivity index (χ2v) is 4.06. The van der Waals surface area contributed by atoms with Crippen LogP contribution in [0.25, 0.3) is 0 Å². The highest BCUT2D eigenvalue weighted by Gasteiger charge is 2.32. The van der Waals surface area contributed by atoms with Gasteiger partial charge in [-0.1, -0.05) is 13.8 Å². The first-order valence-corrected chi connectivity index (χ1v) is 6.45. The minimum Gasteiger partial charge on any atom is -0.466 e. The molecular formula is C12H23N4O3+. The number of aromatic nitrogens is 3. The van der Waals surface area contributed by atoms with Gasteiger partial charge in [0.05, 0.1) is 34.5 Å². The number of morpholine rings is 1. The number of quaternary nitrogens is 1. The number of ether oxygens (including phenoxy) is 3. The summed E-state index contributed by atoms with van der Waals surface area (Å²) in [5.74, 6) is 0.650. The van der Waals surface area contributed by atoms with Crippen LogP contribution in [-0.2, 0) is 4.74 Å². The molecule has 0 amide bonds. The van der Waals surface area contributed by atoms with Crippen molar-refractivity contribution in [2.75, 3.05) is 47.6 Å². The molecule has 2 rings (SSSR count). The SMILES string of the molecule is CC.COc1nc(OC)nc([N+]2(C)CCOCC2)n1. The average molecular weight is 271 g/mol. The molecule has 0 aromatic carbocycles. The van der Waals surface area contributed by atoms with Crippen LogP contribution in [0.3, 0.4) is 0 Å². The van der Waals surface area contributed by atoms with Crippen LogP contribution >= 0.6 is 0 Å². The van der Waals surface area contributed by atoms with Gasteiger partial charge in [0.25, 0.3) is 0 Å². The molecule has 1 saturated heterocycles. The first-order valence-electron chi connectivity index (χ1n) is 6.45. The van der Waals surface area contributed by atoms with Gasteiger partial charge in [-0.15, -0.1) is 15.0 Å². The molecule has 7 nitrogen and oxygen atoms in total. The standard InChI is InChI=1S/C10H17N4O3.C2H6/c1-14(4-6-17-7-5-14)8-11-9(15-2)13-10(12-8)16-3;1-2/h4-7H2,1-3H3;1-2H3/q+1;. The summed E-state index contributed by atoms with van der Waals surface area (Å²) in [5.41, 5.74) is 0. The number of rotatable bonds is 3. The Hall–Kier alpha value is -1.47. The van der Waals surface area contributed by atoms with E-state index in [0.29, 0.717) is 23.6 Å². The van der Waals surface area contributed by atoms with Crippen LogP contribution in [0.15, 0.2) is 0 Å². The average Bonchev–Trinajstić information content (AvgIpc) is 2.49. The summed E-state index contributed by atoms with van der Waals surface area (Å²) in [6.45, 7) is 7.06. The zero-order chi connectivity index (χ0) is 14.3. The predicted molar refractivity (Wildman–Crippen MR) is 72.6 cm³/mol. The molecule has 0 saturated carbocycles. The van der Waals surface area contributed by atoms with Crippen LogP contribution in [-0.4, -0.2) is 62.5 Å². The van der Waals surface area contributed by atoms with Crippen molar-refractivity contribution in [3.63, 3.8) is 0 Å². The topological polar surface area (TPSA) is 66.4 Å². The zero-order valence-electron chi connectivity index (χ0n) is 12.3. The molecule has 1 fully saturated rings. The van der Waals surface area contributed by atoms with Gasteiger partial charge in [0.1, 0.15) is 13.1 Å². The lowest BCUT2D eigenvalue weighted by Gasteiger charge is -2.34. The van der Waals surface area contributed by atoms with Crippen molar-refractivity contribution < 1.29 is 14.2 Å². The molecule has 1 aromatic rings. The lowest BCUT2D eigenvalue weighted by molar-refractivity contribution is 0.0489. The molecule has 0 N–H and O–H groups in total. The highest BCUT2D eigenvalue weighted by atomic mass is 16.5. The van der Waals surface area contributed by atoms with Gasteiger partial charge in [-0.3, -0.25) is 4.48 Å². The Balaban J connectivity index is 0.000000861. The summed E-state index contributed by atoms with van der Waals surface area (Å²) in [5, 5.41) is 0. The Morgan fingerprint density at radius 1 is 0.947 bits per heavy atom. The molecule has 0 unspecified atom stereocenters. The van der Waals surface area contributed by atoms with Crippen LogP contribution < -0.4 is 14.0 Å². The normalized spacial score (nSPS) is 17.1. The van der Waals surface area contributed by atoms with E-state index in [1.165, 1.54) is 14.2 Å². The van der Waals surface area contributed by atoms with Crippen molar-refractivity contribution in [2.24, 2.45) is 0 Å². The van der Waals surface area contributed by atoms with Crippen molar-refractivity contribution in [1.82, 2.24) is 19.4 Å². The van der Waals surface area contributed by atoms with Gasteiger partial charge >= 0.3 is 18.0 Å². The van der Waals surface area contributed by atoms with E-state index < -0.39 is 0 Å². The van der Waals surface area contributed by atoms with Gasteiger partial charge in [0, 0.05) is 0 Å². The van der Waals surface area contributed by atoms with Gasteiger partial charge in [-0.2, -0.15) is 0 Å². The molecule has 19 heavy (non-hydrogen) atoms. The van der Waals surface area contributed by atoms with Gasteiger partial charge in [-0.05, 0) is 0 Å². The second-order valence-electron chi connectivity index (χ2n) is 4.06. The molecule has 0 aliphatic carbocycles. The summed E-state index contributed by atoms with van der Waals surface area (Å²) in [4.78, 5) is 12.6. The van der Waals surface area contributed by atoms with Gasteiger partial charge in [0.2, 0.25) is 0 Å². The maximum atomic E-state index is 5.35. The largest absolute Gasteiger partial charge is 0.466 e. The number of methoxy groups -OCH3 is 2. The third-order valence-corrected chi connectivity index (χ3v) is 2.89. The summed E-state index contributed by atoms with van der Waals surface area (Å²) in [6, 6.07) is 0.551. The van der Waals surface area contributed by atoms with Crippen molar-refractivity contribution in [2.45, 2.75) is 13.8 Å². The van der Waals surface area contributed by atoms with Crippen molar-refractivity contribution in [1.29, 1.82) is 0 Å². The van der Waals surface area contributed by atoms with Gasteiger partial charge < -0.3 is 14.2 Å². The van der Waals surface area contributed by atoms with E-state index in [2.05, 4.69) is 22.0 Å². The Morgan fingerprint density at radius 3 is 1.84 bits per heavy atom. The lowest BCUT2D eigenvalue weighted by Crippen LogP contribution is -2.54. The van der Waals surface area contributed by atoms with Crippen LogP contribution in [0.2, 0.25) is 0 Å². The third kappa shape index (κ3) is 3.74. The molecular weight excluding hydrogens is 248 g/mol. The fraction of sp³-hybridized carbons (Fsp3) is 0.750. The van der Waals surface area contributed by atoms with E-state index in [-0.39, 0.29) is 12.0 Å². The molecule has 1 aromatic heterocycles. The van der Waals surface area contributed by atoms with Crippen LogP contribution in [0, 0.1) is 0 Å². The Kier molecular flexibility index (Phi) is 5.91. The number of likely N-dealkylation sites (N-methyl/N-ethyl adjacent to an activating group) is 1. The van der Waals surface area contributed by atoms with Crippen molar-refractivity contribution >= 4 is 5.95 Å². The smallest absolute Gasteiger partial charge is 0.338 e. The second kappa shape index (κ2) is 7.20. The molecule has 108 valence electrons. The number of hydrogen-bond acceptors (Lipinski definition) is 6. The van der Waals surface area contributed by atoms with Gasteiger partial charge in [0.15, 0.2) is 0 Å². The van der Waals surface area contributed by atoms with E-state index in [1.807, 2.05) is 13.8 Å². The van der Waals surface area contributed by atoms with E-state index >= 15 is 0 Å². The lowest BCUT2D eigenvalue weighted by atomic mass is 10.4. The number of hydrogen-bond donors (Lipinski definition) is 0. The summed E-state index contributed by atoms with van der Waals surface area (Å²) >= 11 is 0. The highest BCUT2D eigenvalue weighted by molar-refractivity contribution is 5.27. The molecule has 0 radical (unpaired) electrons. The first-order chi connectivity index (χ1) is 9.18. The molecule has 1 aliphatic heterocycles. The first kappa shape index (κ1) is 15.6. The highest BCUT2D eigenvalue weighted by Crippen LogP contribution is 2.22. The van der Waals surface area contributed by atoms with Crippen LogP contribution in [0.1, 0.15) is 13.8 Å². The minimum atomic E-state index is 0.276. The fourth-order valence-electron chi connectivity index (χ4n) is 1.70. The molecule has 0 atom stereocenters. The Morgan fingerprint density at radius 2 is 1.42 bits per heavy atom. The fourth-order valence-corrected chi connectivity index (χ4v) is 1.70. The Labute approximate surface area is 114 Å². The quantitative estimate of drug-likeness (QED) is 0.760. The monoisotopic (exact) mass is 271 g/mol. The third-order valence-electron chi connectivity index (χ3n) is 2.89. The molecule has 1 aliphatic rings. The van der Waals surface area contributed by atoms with Crippen molar-refractivity contribution in [3.05, 3.63) is 0 Å². The molecule has 0 spiro atoms. The van der Waals surface area contributed by atoms with E-state index in [4.69, 9.17) is 14.2 Å². The summed E-state index contributed by atoms with van der Waals surface area (Å²) in [7, 11) is 5.12. The maximum absolute atomic E-state index is 5.35. The van der Waals surface area contributed by atoms with E-state index in [0.717, 1.165) is 13.1 Å². The minimum absolute atomic E-state index is 0.276. The van der Waals surface area contributed by atoms with Crippen molar-refractivity contribution in [3.8, 4) is 12.0 Å². The maximum Gasteiger partial charge on any atom is 0.338 e. The van der Waals surface area contributed by atoms with E-state index in [1.54, 1.807) is 0 Å². The predicted octanol–water partition coefficient (Wildman–Crippen LogP) is 0.882. The zero-order valence-corrected chi connectivity index (χ0v) is 12.3. The summed E-state index contributed by atoms with van der Waals surface area (Å²) < 4.78 is 16.1. The summed E-state index contributed by atoms with van der Waals surface area (Å²) in [6.07, 6.45) is 0. The van der Waals surface area contributed by atoms with Gasteiger partial charge in [-0.25, -0.2) is 0 Å². The van der Waals surface area contributed by atoms with E-state index in [9.17, 15) is 0 Å². The Bertz CT molecular complexity index is 372. The molecule has 2 heterocycles. The molecule has 7 heteroatoms. The molecule has 0 bridgehead atoms. The number of nitrogens with zero attached hydrogens (tertiary/aromatic N) is 4.